The SMILES string of the molecule is Cc1nc(S(=O)(=O)N2CCNCc3ccccc32)cn1C. The van der Waals surface area contributed by atoms with Crippen molar-refractivity contribution >= 4 is 15.7 Å². The van der Waals surface area contributed by atoms with Crippen LogP contribution in [0.4, 0.5) is 5.69 Å². The second kappa shape index (κ2) is 5.16. The minimum atomic E-state index is -3.64. The van der Waals surface area contributed by atoms with Crippen molar-refractivity contribution in [3.63, 3.8) is 0 Å². The summed E-state index contributed by atoms with van der Waals surface area (Å²) in [7, 11) is -1.85. The van der Waals surface area contributed by atoms with Crippen molar-refractivity contribution in [2.45, 2.75) is 18.5 Å². The van der Waals surface area contributed by atoms with Crippen LogP contribution < -0.4 is 9.62 Å². The second-order valence-electron chi connectivity index (χ2n) is 5.12. The highest BCUT2D eigenvalue weighted by Crippen LogP contribution is 2.27. The molecule has 1 N–H and O–H groups in total. The molecule has 2 heterocycles. The van der Waals surface area contributed by atoms with Gasteiger partial charge in [0.1, 0.15) is 5.82 Å². The van der Waals surface area contributed by atoms with Gasteiger partial charge in [0, 0.05) is 32.9 Å². The minimum Gasteiger partial charge on any atom is -0.337 e. The molecule has 7 heteroatoms. The second-order valence-corrected chi connectivity index (χ2v) is 6.93. The molecule has 1 aliphatic heterocycles. The highest BCUT2D eigenvalue weighted by atomic mass is 32.2. The lowest BCUT2D eigenvalue weighted by atomic mass is 10.2. The Labute approximate surface area is 124 Å². The Morgan fingerprint density at radius 3 is 2.76 bits per heavy atom. The van der Waals surface area contributed by atoms with Crippen LogP contribution in [0.2, 0.25) is 0 Å². The Morgan fingerprint density at radius 1 is 1.29 bits per heavy atom. The fourth-order valence-electron chi connectivity index (χ4n) is 2.44. The maximum absolute atomic E-state index is 12.9. The Bertz CT molecular complexity index is 748. The predicted octanol–water partition coefficient (Wildman–Crippen LogP) is 1.03. The summed E-state index contributed by atoms with van der Waals surface area (Å²) in [5.41, 5.74) is 1.71. The van der Waals surface area contributed by atoms with Crippen molar-refractivity contribution in [2.24, 2.45) is 7.05 Å². The number of hydrogen-bond acceptors (Lipinski definition) is 4. The monoisotopic (exact) mass is 306 g/mol. The molecule has 1 aromatic carbocycles. The van der Waals surface area contributed by atoms with E-state index in [1.807, 2.05) is 24.3 Å². The average Bonchev–Trinajstić information content (AvgIpc) is 2.69. The van der Waals surface area contributed by atoms with Crippen LogP contribution in [0.25, 0.3) is 0 Å². The number of hydrogen-bond donors (Lipinski definition) is 1. The van der Waals surface area contributed by atoms with Crippen molar-refractivity contribution in [1.82, 2.24) is 14.9 Å². The number of rotatable bonds is 2. The quantitative estimate of drug-likeness (QED) is 0.900. The van der Waals surface area contributed by atoms with Crippen molar-refractivity contribution < 1.29 is 8.42 Å². The van der Waals surface area contributed by atoms with E-state index in [9.17, 15) is 8.42 Å². The zero-order valence-corrected chi connectivity index (χ0v) is 12.9. The third-order valence-corrected chi connectivity index (χ3v) is 5.39. The van der Waals surface area contributed by atoms with E-state index in [-0.39, 0.29) is 5.03 Å². The molecule has 21 heavy (non-hydrogen) atoms. The lowest BCUT2D eigenvalue weighted by molar-refractivity contribution is 0.586. The Hall–Kier alpha value is -1.86. The summed E-state index contributed by atoms with van der Waals surface area (Å²) in [5, 5.41) is 3.34. The Morgan fingerprint density at radius 2 is 2.05 bits per heavy atom. The van der Waals surface area contributed by atoms with E-state index < -0.39 is 10.0 Å². The molecule has 0 atom stereocenters. The molecule has 3 rings (SSSR count). The minimum absolute atomic E-state index is 0.0965. The average molecular weight is 306 g/mol. The number of anilines is 1. The summed E-state index contributed by atoms with van der Waals surface area (Å²) in [6, 6.07) is 7.56. The zero-order valence-electron chi connectivity index (χ0n) is 12.1. The van der Waals surface area contributed by atoms with Gasteiger partial charge < -0.3 is 9.88 Å². The molecule has 0 saturated carbocycles. The summed E-state index contributed by atoms with van der Waals surface area (Å²) in [4.78, 5) is 4.17. The molecule has 0 spiro atoms. The molecule has 1 aliphatic rings. The molecule has 0 aliphatic carbocycles. The fourth-order valence-corrected chi connectivity index (χ4v) is 3.97. The smallest absolute Gasteiger partial charge is 0.283 e. The Balaban J connectivity index is 2.10. The van der Waals surface area contributed by atoms with Gasteiger partial charge in [-0.05, 0) is 18.6 Å². The lowest BCUT2D eigenvalue weighted by Crippen LogP contribution is -2.35. The van der Waals surface area contributed by atoms with Crippen LogP contribution in [0.15, 0.2) is 35.5 Å². The molecule has 0 amide bonds. The van der Waals surface area contributed by atoms with Crippen LogP contribution in [-0.4, -0.2) is 31.1 Å². The van der Waals surface area contributed by atoms with E-state index in [0.29, 0.717) is 25.5 Å². The summed E-state index contributed by atoms with van der Waals surface area (Å²) in [6.07, 6.45) is 1.56. The zero-order chi connectivity index (χ0) is 15.0. The van der Waals surface area contributed by atoms with Gasteiger partial charge in [-0.15, -0.1) is 0 Å². The highest BCUT2D eigenvalue weighted by molar-refractivity contribution is 7.92. The van der Waals surface area contributed by atoms with Crippen LogP contribution in [0.1, 0.15) is 11.4 Å². The van der Waals surface area contributed by atoms with Gasteiger partial charge in [0.25, 0.3) is 10.0 Å². The number of benzene rings is 1. The molecular weight excluding hydrogens is 288 g/mol. The van der Waals surface area contributed by atoms with E-state index in [4.69, 9.17) is 0 Å². The summed E-state index contributed by atoms with van der Waals surface area (Å²) in [5.74, 6) is 0.676. The maximum Gasteiger partial charge on any atom is 0.283 e. The van der Waals surface area contributed by atoms with Gasteiger partial charge in [-0.3, -0.25) is 4.31 Å². The van der Waals surface area contributed by atoms with Gasteiger partial charge in [0.2, 0.25) is 0 Å². The topological polar surface area (TPSA) is 67.2 Å². The van der Waals surface area contributed by atoms with Crippen LogP contribution in [0.3, 0.4) is 0 Å². The Kier molecular flexibility index (Phi) is 3.46. The van der Waals surface area contributed by atoms with Gasteiger partial charge in [0.05, 0.1) is 5.69 Å². The summed E-state index contributed by atoms with van der Waals surface area (Å²) < 4.78 is 28.9. The maximum atomic E-state index is 12.9. The molecule has 0 unspecified atom stereocenters. The number of imidazole rings is 1. The predicted molar refractivity (Wildman–Crippen MR) is 80.6 cm³/mol. The van der Waals surface area contributed by atoms with Crippen molar-refractivity contribution in [1.29, 1.82) is 0 Å². The van der Waals surface area contributed by atoms with Crippen LogP contribution in [0.5, 0.6) is 0 Å². The van der Waals surface area contributed by atoms with Gasteiger partial charge in [-0.25, -0.2) is 4.98 Å². The first-order valence-corrected chi connectivity index (χ1v) is 8.25. The highest BCUT2D eigenvalue weighted by Gasteiger charge is 2.30. The normalized spacial score (nSPS) is 15.6. The molecule has 0 saturated heterocycles. The standard InChI is InChI=1S/C14H18N4O2S/c1-11-16-14(10-17(11)2)21(19,20)18-8-7-15-9-12-5-3-4-6-13(12)18/h3-6,10,15H,7-9H2,1-2H3. The number of nitrogens with zero attached hydrogens (tertiary/aromatic N) is 3. The summed E-state index contributed by atoms with van der Waals surface area (Å²) in [6.45, 7) is 3.47. The third kappa shape index (κ3) is 2.43. The number of para-hydroxylation sites is 1. The number of nitrogens with one attached hydrogen (secondary N) is 1. The number of fused-ring (bicyclic) bond motifs is 1. The van der Waals surface area contributed by atoms with E-state index >= 15 is 0 Å². The van der Waals surface area contributed by atoms with Crippen molar-refractivity contribution in [2.75, 3.05) is 17.4 Å². The molecule has 1 aromatic heterocycles. The number of sulfonamides is 1. The van der Waals surface area contributed by atoms with Crippen LogP contribution in [0, 0.1) is 6.92 Å². The molecule has 0 fully saturated rings. The molecule has 2 aromatic rings. The van der Waals surface area contributed by atoms with Gasteiger partial charge >= 0.3 is 0 Å². The van der Waals surface area contributed by atoms with Gasteiger partial charge in [0.15, 0.2) is 5.03 Å². The number of aromatic nitrogens is 2. The van der Waals surface area contributed by atoms with Crippen molar-refractivity contribution in [3.05, 3.63) is 41.9 Å². The molecule has 112 valence electrons. The molecular formula is C14H18N4O2S. The van der Waals surface area contributed by atoms with E-state index in [0.717, 1.165) is 11.3 Å². The lowest BCUT2D eigenvalue weighted by Gasteiger charge is -2.22. The first-order chi connectivity index (χ1) is 10.00. The van der Waals surface area contributed by atoms with Gasteiger partial charge in [-0.1, -0.05) is 18.2 Å². The molecule has 0 bridgehead atoms. The van der Waals surface area contributed by atoms with E-state index in [1.165, 1.54) is 4.31 Å². The van der Waals surface area contributed by atoms with E-state index in [1.54, 1.807) is 24.7 Å². The molecule has 0 radical (unpaired) electrons. The summed E-state index contributed by atoms with van der Waals surface area (Å²) >= 11 is 0. The fraction of sp³-hybridized carbons (Fsp3) is 0.357. The number of aryl methyl sites for hydroxylation is 2. The van der Waals surface area contributed by atoms with Crippen LogP contribution >= 0.6 is 0 Å². The largest absolute Gasteiger partial charge is 0.337 e. The van der Waals surface area contributed by atoms with Crippen molar-refractivity contribution in [3.8, 4) is 0 Å². The van der Waals surface area contributed by atoms with Gasteiger partial charge in [-0.2, -0.15) is 8.42 Å². The first kappa shape index (κ1) is 14.1. The molecule has 6 nitrogen and oxygen atoms in total. The van der Waals surface area contributed by atoms with E-state index in [2.05, 4.69) is 10.3 Å². The van der Waals surface area contributed by atoms with Crippen LogP contribution in [-0.2, 0) is 23.6 Å². The first-order valence-electron chi connectivity index (χ1n) is 6.81. The third-order valence-electron chi connectivity index (χ3n) is 3.71.